The maximum atomic E-state index is 10.4. The van der Waals surface area contributed by atoms with Gasteiger partial charge in [-0.15, -0.1) is 0 Å². The minimum atomic E-state index is -0.415. The van der Waals surface area contributed by atoms with Crippen molar-refractivity contribution in [1.29, 1.82) is 0 Å². The monoisotopic (exact) mass is 220 g/mol. The van der Waals surface area contributed by atoms with E-state index >= 15 is 0 Å². The number of halogens is 1. The van der Waals surface area contributed by atoms with E-state index in [2.05, 4.69) is 24.3 Å². The summed E-state index contributed by atoms with van der Waals surface area (Å²) < 4.78 is 0. The minimum absolute atomic E-state index is 0.415. The number of carbonyl (C=O) groups is 1. The molecule has 1 aromatic rings. The number of carbonyl (C=O) groups excluding carboxylic acids is 1. The molecule has 78 valence electrons. The van der Waals surface area contributed by atoms with Crippen LogP contribution in [0.1, 0.15) is 18.4 Å². The van der Waals surface area contributed by atoms with E-state index in [0.29, 0.717) is 0 Å². The highest BCUT2D eigenvalue weighted by atomic mass is 35.5. The highest BCUT2D eigenvalue weighted by Crippen LogP contribution is 2.03. The van der Waals surface area contributed by atoms with Crippen molar-refractivity contribution < 1.29 is 4.79 Å². The number of benzene rings is 1. The summed E-state index contributed by atoms with van der Waals surface area (Å²) >= 11 is 5.14. The second-order valence-corrected chi connectivity index (χ2v) is 3.47. The molecule has 0 aliphatic carbocycles. The van der Waals surface area contributed by atoms with Crippen LogP contribution in [0.4, 0.5) is 0 Å². The molecule has 0 spiro atoms. The summed E-state index contributed by atoms with van der Waals surface area (Å²) in [5.41, 5.74) is 1.19. The van der Waals surface area contributed by atoms with Crippen LogP contribution >= 0.6 is 11.6 Å². The molecule has 0 unspecified atom stereocenters. The molecule has 0 atom stereocenters. The molecule has 0 fully saturated rings. The van der Waals surface area contributed by atoms with Gasteiger partial charge in [0, 0.05) is 0 Å². The van der Waals surface area contributed by atoms with Crippen LogP contribution < -0.4 is 0 Å². The van der Waals surface area contributed by atoms with Crippen LogP contribution in [0.15, 0.2) is 48.6 Å². The van der Waals surface area contributed by atoms with Crippen LogP contribution in [0, 0.1) is 0 Å². The highest BCUT2D eigenvalue weighted by Gasteiger charge is 1.84. The van der Waals surface area contributed by atoms with Gasteiger partial charge in [0.15, 0.2) is 0 Å². The number of allylic oxidation sites excluding steroid dienone is 3. The Balaban J connectivity index is 2.26. The number of rotatable bonds is 5. The molecule has 15 heavy (non-hydrogen) atoms. The molecule has 1 nitrogen and oxygen atoms in total. The van der Waals surface area contributed by atoms with E-state index < -0.39 is 5.24 Å². The molecule has 0 saturated carbocycles. The summed E-state index contributed by atoms with van der Waals surface area (Å²) in [4.78, 5) is 10.4. The van der Waals surface area contributed by atoms with E-state index in [4.69, 9.17) is 11.6 Å². The Morgan fingerprint density at radius 3 is 2.47 bits per heavy atom. The lowest BCUT2D eigenvalue weighted by Gasteiger charge is -1.90. The molecule has 0 bridgehead atoms. The maximum Gasteiger partial charge on any atom is 0.244 e. The lowest BCUT2D eigenvalue weighted by Crippen LogP contribution is -1.74. The van der Waals surface area contributed by atoms with Gasteiger partial charge in [0.2, 0.25) is 5.24 Å². The van der Waals surface area contributed by atoms with E-state index in [-0.39, 0.29) is 0 Å². The topological polar surface area (TPSA) is 17.1 Å². The Morgan fingerprint density at radius 2 is 1.80 bits per heavy atom. The van der Waals surface area contributed by atoms with Crippen LogP contribution in [-0.4, -0.2) is 5.24 Å². The summed E-state index contributed by atoms with van der Waals surface area (Å²) in [6.45, 7) is 0. The van der Waals surface area contributed by atoms with Crippen LogP contribution in [0.2, 0.25) is 0 Å². The molecule has 0 aliphatic rings. The molecule has 1 rings (SSSR count). The van der Waals surface area contributed by atoms with Crippen LogP contribution in [0.5, 0.6) is 0 Å². The molecule has 0 aliphatic heterocycles. The number of hydrogen-bond donors (Lipinski definition) is 0. The molecule has 0 amide bonds. The smallest absolute Gasteiger partial charge is 0.244 e. The van der Waals surface area contributed by atoms with Crippen molar-refractivity contribution in [3.63, 3.8) is 0 Å². The Hall–Kier alpha value is -1.34. The van der Waals surface area contributed by atoms with Crippen molar-refractivity contribution in [2.24, 2.45) is 0 Å². The van der Waals surface area contributed by atoms with Crippen molar-refractivity contribution in [3.8, 4) is 0 Å². The standard InChI is InChI=1S/C13H13ClO/c14-13(15)11-7-2-1-4-8-12-9-5-3-6-10-12/h3-11H,1-2H2/b8-4-,11-7+. The lowest BCUT2D eigenvalue weighted by molar-refractivity contribution is -0.107. The van der Waals surface area contributed by atoms with E-state index in [9.17, 15) is 4.79 Å². The summed E-state index contributed by atoms with van der Waals surface area (Å²) in [5, 5.41) is -0.415. The fraction of sp³-hybridized carbons (Fsp3) is 0.154. The average Bonchev–Trinajstić information content (AvgIpc) is 2.24. The van der Waals surface area contributed by atoms with E-state index in [0.717, 1.165) is 12.8 Å². The minimum Gasteiger partial charge on any atom is -0.276 e. The molecule has 0 radical (unpaired) electrons. The third-order valence-electron chi connectivity index (χ3n) is 1.86. The number of unbranched alkanes of at least 4 members (excludes halogenated alkanes) is 1. The quantitative estimate of drug-likeness (QED) is 0.419. The zero-order valence-corrected chi connectivity index (χ0v) is 9.15. The zero-order valence-electron chi connectivity index (χ0n) is 8.40. The Bertz CT molecular complexity index is 352. The second-order valence-electron chi connectivity index (χ2n) is 3.10. The summed E-state index contributed by atoms with van der Waals surface area (Å²) in [7, 11) is 0. The van der Waals surface area contributed by atoms with E-state index in [1.165, 1.54) is 11.6 Å². The van der Waals surface area contributed by atoms with Crippen molar-refractivity contribution in [3.05, 3.63) is 54.1 Å². The second kappa shape index (κ2) is 7.02. The first-order chi connectivity index (χ1) is 7.29. The van der Waals surface area contributed by atoms with Gasteiger partial charge in [-0.05, 0) is 36.1 Å². The first kappa shape index (κ1) is 11.7. The fourth-order valence-electron chi connectivity index (χ4n) is 1.15. The highest BCUT2D eigenvalue weighted by molar-refractivity contribution is 6.66. The van der Waals surface area contributed by atoms with Gasteiger partial charge in [0.25, 0.3) is 0 Å². The Morgan fingerprint density at radius 1 is 1.13 bits per heavy atom. The summed E-state index contributed by atoms with van der Waals surface area (Å²) in [6, 6.07) is 10.1. The molecular formula is C13H13ClO. The van der Waals surface area contributed by atoms with Crippen molar-refractivity contribution in [2.45, 2.75) is 12.8 Å². The fourth-order valence-corrected chi connectivity index (χ4v) is 1.24. The third kappa shape index (κ3) is 5.87. The van der Waals surface area contributed by atoms with Crippen LogP contribution in [0.3, 0.4) is 0 Å². The van der Waals surface area contributed by atoms with Gasteiger partial charge in [-0.2, -0.15) is 0 Å². The first-order valence-electron chi connectivity index (χ1n) is 4.86. The van der Waals surface area contributed by atoms with Crippen LogP contribution in [0.25, 0.3) is 6.08 Å². The van der Waals surface area contributed by atoms with Gasteiger partial charge in [-0.1, -0.05) is 48.6 Å². The predicted octanol–water partition coefficient (Wildman–Crippen LogP) is 3.80. The van der Waals surface area contributed by atoms with Crippen molar-refractivity contribution in [1.82, 2.24) is 0 Å². The number of hydrogen-bond acceptors (Lipinski definition) is 1. The lowest BCUT2D eigenvalue weighted by atomic mass is 10.2. The Labute approximate surface area is 95.1 Å². The summed E-state index contributed by atoms with van der Waals surface area (Å²) in [5.74, 6) is 0. The van der Waals surface area contributed by atoms with Gasteiger partial charge in [0.1, 0.15) is 0 Å². The average molecular weight is 221 g/mol. The molecule has 0 heterocycles. The molecule has 0 aromatic heterocycles. The van der Waals surface area contributed by atoms with Gasteiger partial charge >= 0.3 is 0 Å². The summed E-state index contributed by atoms with van der Waals surface area (Å²) in [6.07, 6.45) is 9.06. The molecule has 1 aromatic carbocycles. The third-order valence-corrected chi connectivity index (χ3v) is 1.98. The largest absolute Gasteiger partial charge is 0.276 e. The normalized spacial score (nSPS) is 11.3. The molecule has 2 heteroatoms. The van der Waals surface area contributed by atoms with E-state index in [1.54, 1.807) is 6.08 Å². The molecule has 0 saturated heterocycles. The van der Waals surface area contributed by atoms with Gasteiger partial charge in [-0.25, -0.2) is 0 Å². The van der Waals surface area contributed by atoms with Crippen LogP contribution in [-0.2, 0) is 4.79 Å². The molecule has 0 N–H and O–H groups in total. The van der Waals surface area contributed by atoms with E-state index in [1.807, 2.05) is 18.2 Å². The SMILES string of the molecule is O=C(Cl)/C=C/CC/C=C\c1ccccc1. The Kier molecular flexibility index (Phi) is 5.49. The van der Waals surface area contributed by atoms with Gasteiger partial charge in [0.05, 0.1) is 0 Å². The van der Waals surface area contributed by atoms with Crippen molar-refractivity contribution >= 4 is 22.9 Å². The van der Waals surface area contributed by atoms with Gasteiger partial charge in [-0.3, -0.25) is 4.79 Å². The maximum absolute atomic E-state index is 10.4. The first-order valence-corrected chi connectivity index (χ1v) is 5.24. The predicted molar refractivity (Wildman–Crippen MR) is 64.7 cm³/mol. The molecular weight excluding hydrogens is 208 g/mol. The van der Waals surface area contributed by atoms with Crippen molar-refractivity contribution in [2.75, 3.05) is 0 Å². The van der Waals surface area contributed by atoms with Gasteiger partial charge < -0.3 is 0 Å². The zero-order chi connectivity index (χ0) is 10.9.